The number of amides is 1. The number of halogens is 1. The first-order chi connectivity index (χ1) is 10.6. The average molecular weight is 338 g/mol. The first-order valence-corrected chi connectivity index (χ1v) is 9.17. The molecule has 2 aliphatic rings. The van der Waals surface area contributed by atoms with Gasteiger partial charge in [-0.05, 0) is 48.0 Å². The van der Waals surface area contributed by atoms with Crippen LogP contribution in [-0.2, 0) is 4.79 Å². The fraction of sp³-hybridized carbons (Fsp3) is 0.471. The molecule has 1 fully saturated rings. The number of hydrogen-bond donors (Lipinski definition) is 1. The van der Waals surface area contributed by atoms with Gasteiger partial charge in [-0.25, -0.2) is 0 Å². The zero-order chi connectivity index (χ0) is 15.6. The molecule has 2 aliphatic heterocycles. The van der Waals surface area contributed by atoms with Gasteiger partial charge in [-0.2, -0.15) is 11.8 Å². The van der Waals surface area contributed by atoms with E-state index in [9.17, 15) is 9.90 Å². The highest BCUT2D eigenvalue weighted by Gasteiger charge is 2.40. The van der Waals surface area contributed by atoms with Crippen molar-refractivity contribution >= 4 is 34.8 Å². The van der Waals surface area contributed by atoms with E-state index in [1.54, 1.807) is 16.7 Å². The molecule has 0 atom stereocenters. The molecular weight excluding hydrogens is 318 g/mol. The van der Waals surface area contributed by atoms with Crippen LogP contribution in [-0.4, -0.2) is 46.1 Å². The SMILES string of the molecule is O=C(N1CC=C(c2ccccc2Cl)CC1)C1(O)CCSCC1. The van der Waals surface area contributed by atoms with Crippen molar-refractivity contribution in [3.8, 4) is 0 Å². The number of carbonyl (C=O) groups excluding carboxylic acids is 1. The summed E-state index contributed by atoms with van der Waals surface area (Å²) in [5.41, 5.74) is 1.07. The number of carbonyl (C=O) groups is 1. The van der Waals surface area contributed by atoms with Crippen LogP contribution < -0.4 is 0 Å². The van der Waals surface area contributed by atoms with E-state index in [2.05, 4.69) is 6.08 Å². The summed E-state index contributed by atoms with van der Waals surface area (Å²) in [6, 6.07) is 7.79. The van der Waals surface area contributed by atoms with Crippen LogP contribution in [0.5, 0.6) is 0 Å². The van der Waals surface area contributed by atoms with Gasteiger partial charge in [0.05, 0.1) is 0 Å². The van der Waals surface area contributed by atoms with Gasteiger partial charge < -0.3 is 10.0 Å². The van der Waals surface area contributed by atoms with Gasteiger partial charge in [-0.3, -0.25) is 4.79 Å². The Bertz CT molecular complexity index is 596. The molecule has 1 amide bonds. The quantitative estimate of drug-likeness (QED) is 0.900. The molecule has 0 saturated carbocycles. The first-order valence-electron chi connectivity index (χ1n) is 7.64. The highest BCUT2D eigenvalue weighted by molar-refractivity contribution is 7.99. The van der Waals surface area contributed by atoms with Crippen LogP contribution in [0.1, 0.15) is 24.8 Å². The van der Waals surface area contributed by atoms with Crippen LogP contribution in [0.15, 0.2) is 30.3 Å². The number of nitrogens with zero attached hydrogens (tertiary/aromatic N) is 1. The van der Waals surface area contributed by atoms with Gasteiger partial charge in [0.2, 0.25) is 0 Å². The molecule has 3 rings (SSSR count). The fourth-order valence-corrected chi connectivity index (χ4v) is 4.46. The summed E-state index contributed by atoms with van der Waals surface area (Å²) >= 11 is 8.04. The Morgan fingerprint density at radius 1 is 1.27 bits per heavy atom. The van der Waals surface area contributed by atoms with E-state index in [-0.39, 0.29) is 5.91 Å². The molecule has 0 radical (unpaired) electrons. The normalized spacial score (nSPS) is 21.4. The maximum absolute atomic E-state index is 12.6. The Morgan fingerprint density at radius 3 is 2.64 bits per heavy atom. The molecule has 0 spiro atoms. The van der Waals surface area contributed by atoms with Gasteiger partial charge in [-0.15, -0.1) is 0 Å². The summed E-state index contributed by atoms with van der Waals surface area (Å²) in [6.07, 6.45) is 3.96. The summed E-state index contributed by atoms with van der Waals surface area (Å²) in [5, 5.41) is 11.3. The highest BCUT2D eigenvalue weighted by atomic mass is 35.5. The maximum atomic E-state index is 12.6. The zero-order valence-corrected chi connectivity index (χ0v) is 14.0. The molecule has 0 aromatic heterocycles. The Kier molecular flexibility index (Phi) is 4.81. The summed E-state index contributed by atoms with van der Waals surface area (Å²) in [7, 11) is 0. The van der Waals surface area contributed by atoms with Crippen molar-refractivity contribution in [2.24, 2.45) is 0 Å². The number of rotatable bonds is 2. The largest absolute Gasteiger partial charge is 0.380 e. The molecule has 1 aromatic rings. The lowest BCUT2D eigenvalue weighted by Gasteiger charge is -2.37. The van der Waals surface area contributed by atoms with Crippen LogP contribution in [0.4, 0.5) is 0 Å². The van der Waals surface area contributed by atoms with E-state index in [1.165, 1.54) is 5.57 Å². The highest BCUT2D eigenvalue weighted by Crippen LogP contribution is 2.32. The third-order valence-electron chi connectivity index (χ3n) is 4.43. The monoisotopic (exact) mass is 337 g/mol. The molecule has 3 nitrogen and oxygen atoms in total. The van der Waals surface area contributed by atoms with Crippen molar-refractivity contribution in [1.82, 2.24) is 4.90 Å². The van der Waals surface area contributed by atoms with Crippen molar-refractivity contribution in [3.63, 3.8) is 0 Å². The van der Waals surface area contributed by atoms with Crippen molar-refractivity contribution in [2.75, 3.05) is 24.6 Å². The van der Waals surface area contributed by atoms with Crippen LogP contribution in [0, 0.1) is 0 Å². The van der Waals surface area contributed by atoms with E-state index in [1.807, 2.05) is 24.3 Å². The molecule has 22 heavy (non-hydrogen) atoms. The molecule has 0 unspecified atom stereocenters. The standard InChI is InChI=1S/C17H20ClNO2S/c18-15-4-2-1-3-14(15)13-5-9-19(10-6-13)16(20)17(21)7-11-22-12-8-17/h1-5,21H,6-12H2. The lowest BCUT2D eigenvalue weighted by atomic mass is 9.93. The predicted molar refractivity (Wildman–Crippen MR) is 92.1 cm³/mol. The molecule has 0 aliphatic carbocycles. The fourth-order valence-electron chi connectivity index (χ4n) is 3.04. The van der Waals surface area contributed by atoms with Gasteiger partial charge in [0.1, 0.15) is 5.60 Å². The van der Waals surface area contributed by atoms with E-state index in [4.69, 9.17) is 11.6 Å². The Labute approximate surface area is 140 Å². The zero-order valence-electron chi connectivity index (χ0n) is 12.4. The number of aliphatic hydroxyl groups is 1. The number of hydrogen-bond acceptors (Lipinski definition) is 3. The van der Waals surface area contributed by atoms with Crippen molar-refractivity contribution in [2.45, 2.75) is 24.9 Å². The summed E-state index contributed by atoms with van der Waals surface area (Å²) in [4.78, 5) is 14.4. The van der Waals surface area contributed by atoms with Crippen molar-refractivity contribution in [1.29, 1.82) is 0 Å². The lowest BCUT2D eigenvalue weighted by molar-refractivity contribution is -0.151. The maximum Gasteiger partial charge on any atom is 0.254 e. The third kappa shape index (κ3) is 3.19. The summed E-state index contributed by atoms with van der Waals surface area (Å²) in [5.74, 6) is 1.61. The van der Waals surface area contributed by atoms with Gasteiger partial charge in [0.15, 0.2) is 0 Å². The second-order valence-electron chi connectivity index (χ2n) is 5.85. The van der Waals surface area contributed by atoms with Crippen molar-refractivity contribution < 1.29 is 9.90 Å². The van der Waals surface area contributed by atoms with E-state index in [0.29, 0.717) is 25.9 Å². The van der Waals surface area contributed by atoms with Gasteiger partial charge in [0.25, 0.3) is 5.91 Å². The second kappa shape index (κ2) is 6.65. The Hall–Kier alpha value is -0.970. The molecular formula is C17H20ClNO2S. The smallest absolute Gasteiger partial charge is 0.254 e. The molecule has 5 heteroatoms. The van der Waals surface area contributed by atoms with Gasteiger partial charge >= 0.3 is 0 Å². The van der Waals surface area contributed by atoms with Crippen molar-refractivity contribution in [3.05, 3.63) is 40.9 Å². The number of benzene rings is 1. The summed E-state index contributed by atoms with van der Waals surface area (Å²) < 4.78 is 0. The topological polar surface area (TPSA) is 40.5 Å². The van der Waals surface area contributed by atoms with E-state index in [0.717, 1.165) is 28.5 Å². The first kappa shape index (κ1) is 15.9. The van der Waals surface area contributed by atoms with E-state index >= 15 is 0 Å². The average Bonchev–Trinajstić information content (AvgIpc) is 2.55. The second-order valence-corrected chi connectivity index (χ2v) is 7.49. The van der Waals surface area contributed by atoms with Crippen LogP contribution in [0.2, 0.25) is 5.02 Å². The van der Waals surface area contributed by atoms with Crippen LogP contribution >= 0.6 is 23.4 Å². The van der Waals surface area contributed by atoms with E-state index < -0.39 is 5.60 Å². The van der Waals surface area contributed by atoms with Gasteiger partial charge in [0, 0.05) is 18.1 Å². The molecule has 1 N–H and O–H groups in total. The minimum absolute atomic E-state index is 0.109. The molecule has 1 saturated heterocycles. The lowest BCUT2D eigenvalue weighted by Crippen LogP contribution is -2.52. The minimum Gasteiger partial charge on any atom is -0.380 e. The minimum atomic E-state index is -1.15. The Morgan fingerprint density at radius 2 is 2.00 bits per heavy atom. The summed E-state index contributed by atoms with van der Waals surface area (Å²) in [6.45, 7) is 1.19. The van der Waals surface area contributed by atoms with Crippen LogP contribution in [0.3, 0.4) is 0 Å². The molecule has 118 valence electrons. The van der Waals surface area contributed by atoms with Gasteiger partial charge in [-0.1, -0.05) is 35.9 Å². The number of thioether (sulfide) groups is 1. The Balaban J connectivity index is 1.70. The molecule has 2 heterocycles. The molecule has 1 aromatic carbocycles. The van der Waals surface area contributed by atoms with Crippen LogP contribution in [0.25, 0.3) is 5.57 Å². The third-order valence-corrected chi connectivity index (χ3v) is 5.75. The predicted octanol–water partition coefficient (Wildman–Crippen LogP) is 3.21. The molecule has 0 bridgehead atoms.